The lowest BCUT2D eigenvalue weighted by atomic mass is 9.79. The predicted octanol–water partition coefficient (Wildman–Crippen LogP) is 3.49. The van der Waals surface area contributed by atoms with Gasteiger partial charge in [-0.2, -0.15) is 0 Å². The molecule has 0 radical (unpaired) electrons. The topological polar surface area (TPSA) is 32.3 Å². The number of hydrogen-bond acceptors (Lipinski definition) is 2. The second-order valence-electron chi connectivity index (χ2n) is 6.29. The van der Waals surface area contributed by atoms with Crippen LogP contribution in [0.5, 0.6) is 0 Å². The molecule has 1 aromatic carbocycles. The fourth-order valence-corrected chi connectivity index (χ4v) is 2.80. The highest BCUT2D eigenvalue weighted by molar-refractivity contribution is 5.23. The zero-order valence-electron chi connectivity index (χ0n) is 12.8. The number of rotatable bonds is 8. The summed E-state index contributed by atoms with van der Waals surface area (Å²) in [7, 11) is 0. The van der Waals surface area contributed by atoms with Gasteiger partial charge in [-0.05, 0) is 44.1 Å². The van der Waals surface area contributed by atoms with Crippen LogP contribution in [0.4, 0.5) is 0 Å². The Morgan fingerprint density at radius 2 is 1.74 bits per heavy atom. The first-order valence-corrected chi connectivity index (χ1v) is 7.38. The fraction of sp³-hybridized carbons (Fsp3) is 0.647. The van der Waals surface area contributed by atoms with Crippen LogP contribution in [0.2, 0.25) is 0 Å². The minimum absolute atomic E-state index is 0.185. The molecule has 0 bridgehead atoms. The summed E-state index contributed by atoms with van der Waals surface area (Å²) in [4.78, 5) is 0. The Labute approximate surface area is 118 Å². The molecule has 2 nitrogen and oxygen atoms in total. The van der Waals surface area contributed by atoms with Gasteiger partial charge in [0.1, 0.15) is 0 Å². The first-order valence-electron chi connectivity index (χ1n) is 7.38. The van der Waals surface area contributed by atoms with E-state index in [0.29, 0.717) is 12.1 Å². The number of benzene rings is 1. The molecule has 19 heavy (non-hydrogen) atoms. The van der Waals surface area contributed by atoms with E-state index in [9.17, 15) is 0 Å². The van der Waals surface area contributed by atoms with Crippen molar-refractivity contribution in [2.75, 3.05) is 6.61 Å². The van der Waals surface area contributed by atoms with E-state index in [4.69, 9.17) is 5.11 Å². The summed E-state index contributed by atoms with van der Waals surface area (Å²) in [5.74, 6) is 0. The minimum atomic E-state index is 0.185. The van der Waals surface area contributed by atoms with Crippen LogP contribution in [-0.2, 0) is 5.41 Å². The van der Waals surface area contributed by atoms with Crippen LogP contribution in [0.15, 0.2) is 30.3 Å². The Bertz CT molecular complexity index is 348. The normalized spacial score (nSPS) is 15.2. The molecule has 0 saturated carbocycles. The molecule has 1 aromatic rings. The molecule has 0 aliphatic carbocycles. The van der Waals surface area contributed by atoms with Crippen LogP contribution in [-0.4, -0.2) is 23.8 Å². The van der Waals surface area contributed by atoms with Gasteiger partial charge in [0.05, 0.1) is 0 Å². The smallest absolute Gasteiger partial charge is 0.0431 e. The fourth-order valence-electron chi connectivity index (χ4n) is 2.80. The zero-order valence-corrected chi connectivity index (χ0v) is 12.8. The van der Waals surface area contributed by atoms with Crippen LogP contribution in [0.25, 0.3) is 0 Å². The SMILES string of the molecule is CC(CCCO)NC(C)CC(C)(C)c1ccccc1. The summed E-state index contributed by atoms with van der Waals surface area (Å²) in [5, 5.41) is 12.5. The van der Waals surface area contributed by atoms with Gasteiger partial charge in [-0.1, -0.05) is 44.2 Å². The highest BCUT2D eigenvalue weighted by Gasteiger charge is 2.23. The molecule has 0 heterocycles. The molecule has 2 N–H and O–H groups in total. The molecule has 0 saturated heterocycles. The standard InChI is InChI=1S/C17H29NO/c1-14(9-8-12-19)18-15(2)13-17(3,4)16-10-6-5-7-11-16/h5-7,10-11,14-15,18-19H,8-9,12-13H2,1-4H3. The van der Waals surface area contributed by atoms with E-state index < -0.39 is 0 Å². The molecule has 0 amide bonds. The van der Waals surface area contributed by atoms with E-state index in [1.165, 1.54) is 5.56 Å². The van der Waals surface area contributed by atoms with Crippen molar-refractivity contribution in [1.82, 2.24) is 5.32 Å². The van der Waals surface area contributed by atoms with Crippen molar-refractivity contribution < 1.29 is 5.11 Å². The molecule has 2 heteroatoms. The van der Waals surface area contributed by atoms with Gasteiger partial charge in [0.15, 0.2) is 0 Å². The Morgan fingerprint density at radius 3 is 2.32 bits per heavy atom. The molecule has 1 rings (SSSR count). The monoisotopic (exact) mass is 263 g/mol. The lowest BCUT2D eigenvalue weighted by Gasteiger charge is -2.30. The van der Waals surface area contributed by atoms with Crippen molar-refractivity contribution in [3.63, 3.8) is 0 Å². The highest BCUT2D eigenvalue weighted by atomic mass is 16.2. The first kappa shape index (κ1) is 16.2. The van der Waals surface area contributed by atoms with Crippen molar-refractivity contribution in [1.29, 1.82) is 0 Å². The van der Waals surface area contributed by atoms with Gasteiger partial charge in [0.25, 0.3) is 0 Å². The summed E-state index contributed by atoms with van der Waals surface area (Å²) in [6.07, 6.45) is 3.02. The summed E-state index contributed by atoms with van der Waals surface area (Å²) in [5.41, 5.74) is 1.58. The van der Waals surface area contributed by atoms with E-state index in [1.54, 1.807) is 0 Å². The van der Waals surface area contributed by atoms with Crippen molar-refractivity contribution in [2.45, 2.75) is 64.5 Å². The summed E-state index contributed by atoms with van der Waals surface area (Å²) in [6, 6.07) is 11.7. The number of hydrogen-bond donors (Lipinski definition) is 2. The van der Waals surface area contributed by atoms with E-state index in [0.717, 1.165) is 19.3 Å². The van der Waals surface area contributed by atoms with Crippen LogP contribution < -0.4 is 5.32 Å². The third-order valence-electron chi connectivity index (χ3n) is 3.74. The minimum Gasteiger partial charge on any atom is -0.396 e. The molecule has 0 aliphatic rings. The largest absolute Gasteiger partial charge is 0.396 e. The van der Waals surface area contributed by atoms with Gasteiger partial charge in [0.2, 0.25) is 0 Å². The Balaban J connectivity index is 2.49. The molecule has 0 aliphatic heterocycles. The van der Waals surface area contributed by atoms with Crippen LogP contribution in [0.1, 0.15) is 52.5 Å². The maximum atomic E-state index is 8.86. The Hall–Kier alpha value is -0.860. The number of aliphatic hydroxyl groups is 1. The zero-order chi connectivity index (χ0) is 14.3. The second-order valence-corrected chi connectivity index (χ2v) is 6.29. The summed E-state index contributed by atoms with van der Waals surface area (Å²) in [6.45, 7) is 9.34. The van der Waals surface area contributed by atoms with E-state index >= 15 is 0 Å². The molecular formula is C17H29NO. The van der Waals surface area contributed by atoms with Gasteiger partial charge >= 0.3 is 0 Å². The van der Waals surface area contributed by atoms with E-state index in [2.05, 4.69) is 63.3 Å². The summed E-state index contributed by atoms with van der Waals surface area (Å²) < 4.78 is 0. The Morgan fingerprint density at radius 1 is 1.11 bits per heavy atom. The molecule has 2 atom stereocenters. The average molecular weight is 263 g/mol. The van der Waals surface area contributed by atoms with E-state index in [-0.39, 0.29) is 12.0 Å². The maximum absolute atomic E-state index is 8.86. The third kappa shape index (κ3) is 5.75. The van der Waals surface area contributed by atoms with Crippen molar-refractivity contribution in [3.05, 3.63) is 35.9 Å². The second kappa shape index (κ2) is 7.66. The van der Waals surface area contributed by atoms with Gasteiger partial charge in [-0.15, -0.1) is 0 Å². The van der Waals surface area contributed by atoms with E-state index in [1.807, 2.05) is 0 Å². The van der Waals surface area contributed by atoms with Crippen LogP contribution in [0.3, 0.4) is 0 Å². The molecule has 0 aromatic heterocycles. The molecule has 0 fully saturated rings. The van der Waals surface area contributed by atoms with Crippen molar-refractivity contribution in [2.24, 2.45) is 0 Å². The van der Waals surface area contributed by atoms with Gasteiger partial charge in [0, 0.05) is 18.7 Å². The predicted molar refractivity (Wildman–Crippen MR) is 82.5 cm³/mol. The lowest BCUT2D eigenvalue weighted by molar-refractivity contribution is 0.270. The van der Waals surface area contributed by atoms with Crippen molar-refractivity contribution >= 4 is 0 Å². The molecule has 0 spiro atoms. The van der Waals surface area contributed by atoms with Gasteiger partial charge < -0.3 is 10.4 Å². The maximum Gasteiger partial charge on any atom is 0.0431 e. The Kier molecular flexibility index (Phi) is 6.53. The first-order chi connectivity index (χ1) is 8.95. The number of aliphatic hydroxyl groups excluding tert-OH is 1. The third-order valence-corrected chi connectivity index (χ3v) is 3.74. The van der Waals surface area contributed by atoms with Crippen LogP contribution >= 0.6 is 0 Å². The quantitative estimate of drug-likeness (QED) is 0.752. The number of nitrogens with one attached hydrogen (secondary N) is 1. The molecular weight excluding hydrogens is 234 g/mol. The van der Waals surface area contributed by atoms with Gasteiger partial charge in [-0.25, -0.2) is 0 Å². The van der Waals surface area contributed by atoms with Gasteiger partial charge in [-0.3, -0.25) is 0 Å². The summed E-state index contributed by atoms with van der Waals surface area (Å²) >= 11 is 0. The highest BCUT2D eigenvalue weighted by Crippen LogP contribution is 2.28. The van der Waals surface area contributed by atoms with Crippen LogP contribution in [0, 0.1) is 0 Å². The van der Waals surface area contributed by atoms with Crippen molar-refractivity contribution in [3.8, 4) is 0 Å². The lowest BCUT2D eigenvalue weighted by Crippen LogP contribution is -2.38. The molecule has 108 valence electrons. The average Bonchev–Trinajstić information content (AvgIpc) is 2.36. The molecule has 2 unspecified atom stereocenters.